The van der Waals surface area contributed by atoms with Crippen molar-refractivity contribution in [1.82, 2.24) is 24.7 Å². The minimum atomic E-state index is -0.926. The maximum Gasteiger partial charge on any atom is 0.317 e. The van der Waals surface area contributed by atoms with Gasteiger partial charge >= 0.3 is 11.9 Å². The van der Waals surface area contributed by atoms with Gasteiger partial charge in [0.15, 0.2) is 0 Å². The SMILES string of the molecule is CN1CCN(CC(=O)O)CCN(CC(=O)O)Cc2ccc3ccc4ccc(nc4c3n2)C1. The van der Waals surface area contributed by atoms with E-state index in [1.807, 2.05) is 48.3 Å². The van der Waals surface area contributed by atoms with E-state index in [4.69, 9.17) is 9.97 Å². The highest BCUT2D eigenvalue weighted by molar-refractivity contribution is 6.02. The van der Waals surface area contributed by atoms with Gasteiger partial charge in [0.05, 0.1) is 35.5 Å². The number of pyridine rings is 2. The molecule has 4 rings (SSSR count). The molecule has 3 heterocycles. The topological polar surface area (TPSA) is 110 Å². The van der Waals surface area contributed by atoms with Crippen LogP contribution in [0, 0.1) is 0 Å². The number of aliphatic carboxylic acids is 2. The Labute approximate surface area is 185 Å². The van der Waals surface area contributed by atoms with Gasteiger partial charge in [0, 0.05) is 50.0 Å². The second kappa shape index (κ2) is 9.56. The van der Waals surface area contributed by atoms with E-state index in [2.05, 4.69) is 4.90 Å². The predicted molar refractivity (Wildman–Crippen MR) is 120 cm³/mol. The molecule has 4 bridgehead atoms. The van der Waals surface area contributed by atoms with Crippen molar-refractivity contribution in [2.75, 3.05) is 46.3 Å². The van der Waals surface area contributed by atoms with Crippen LogP contribution in [0.2, 0.25) is 0 Å². The van der Waals surface area contributed by atoms with E-state index in [-0.39, 0.29) is 13.1 Å². The summed E-state index contributed by atoms with van der Waals surface area (Å²) in [6.45, 7) is 2.89. The number of carbonyl (C=O) groups is 2. The van der Waals surface area contributed by atoms with Gasteiger partial charge in [0.25, 0.3) is 0 Å². The van der Waals surface area contributed by atoms with Crippen LogP contribution < -0.4 is 0 Å². The lowest BCUT2D eigenvalue weighted by Crippen LogP contribution is -2.42. The normalized spacial score (nSPS) is 17.2. The highest BCUT2D eigenvalue weighted by Crippen LogP contribution is 2.24. The number of rotatable bonds is 4. The maximum absolute atomic E-state index is 11.4. The first-order chi connectivity index (χ1) is 15.4. The molecule has 0 saturated carbocycles. The standard InChI is InChI=1S/C23H27N5O4/c1-26-8-9-27(14-20(29)30)10-11-28(15-21(31)32)13-19-7-5-17-3-2-16-4-6-18(12-26)24-22(16)23(17)25-19/h2-7H,8-15H2,1H3,(H,29,30)(H,31,32). The minimum absolute atomic E-state index is 0.0887. The summed E-state index contributed by atoms with van der Waals surface area (Å²) in [6, 6.07) is 12.0. The fourth-order valence-electron chi connectivity index (χ4n) is 4.07. The van der Waals surface area contributed by atoms with Crippen molar-refractivity contribution in [2.45, 2.75) is 13.1 Å². The number of nitrogens with zero attached hydrogens (tertiary/aromatic N) is 5. The van der Waals surface area contributed by atoms with Gasteiger partial charge in [-0.15, -0.1) is 0 Å². The molecule has 0 radical (unpaired) electrons. The first-order valence-electron chi connectivity index (χ1n) is 10.6. The summed E-state index contributed by atoms with van der Waals surface area (Å²) in [7, 11) is 1.99. The van der Waals surface area contributed by atoms with E-state index < -0.39 is 11.9 Å². The Morgan fingerprint density at radius 3 is 1.81 bits per heavy atom. The summed E-state index contributed by atoms with van der Waals surface area (Å²) in [6.07, 6.45) is 0. The van der Waals surface area contributed by atoms with Crippen LogP contribution in [0.5, 0.6) is 0 Å². The summed E-state index contributed by atoms with van der Waals surface area (Å²) in [4.78, 5) is 38.3. The Morgan fingerprint density at radius 1 is 0.750 bits per heavy atom. The summed E-state index contributed by atoms with van der Waals surface area (Å²) >= 11 is 0. The second-order valence-corrected chi connectivity index (χ2v) is 8.33. The molecule has 9 heteroatoms. The molecule has 1 aliphatic rings. The van der Waals surface area contributed by atoms with E-state index >= 15 is 0 Å². The highest BCUT2D eigenvalue weighted by Gasteiger charge is 2.17. The van der Waals surface area contributed by atoms with Gasteiger partial charge in [-0.3, -0.25) is 24.3 Å². The van der Waals surface area contributed by atoms with Crippen molar-refractivity contribution in [1.29, 1.82) is 0 Å². The molecule has 168 valence electrons. The van der Waals surface area contributed by atoms with Crippen molar-refractivity contribution in [2.24, 2.45) is 0 Å². The Bertz CT molecular complexity index is 1150. The van der Waals surface area contributed by atoms with E-state index in [0.29, 0.717) is 39.3 Å². The summed E-state index contributed by atoms with van der Waals surface area (Å²) in [5.41, 5.74) is 3.33. The Balaban J connectivity index is 1.75. The van der Waals surface area contributed by atoms with E-state index in [1.54, 1.807) is 4.90 Å². The largest absolute Gasteiger partial charge is 0.480 e. The van der Waals surface area contributed by atoms with E-state index in [9.17, 15) is 19.8 Å². The molecular weight excluding hydrogens is 410 g/mol. The maximum atomic E-state index is 11.4. The van der Waals surface area contributed by atoms with E-state index in [1.165, 1.54) is 0 Å². The first kappa shape index (κ1) is 22.1. The smallest absolute Gasteiger partial charge is 0.317 e. The van der Waals surface area contributed by atoms with Gasteiger partial charge in [0.1, 0.15) is 0 Å². The highest BCUT2D eigenvalue weighted by atomic mass is 16.4. The van der Waals surface area contributed by atoms with Crippen LogP contribution in [0.15, 0.2) is 36.4 Å². The summed E-state index contributed by atoms with van der Waals surface area (Å²) in [5.74, 6) is -1.82. The van der Waals surface area contributed by atoms with Crippen molar-refractivity contribution in [3.8, 4) is 0 Å². The molecule has 2 N–H and O–H groups in total. The van der Waals surface area contributed by atoms with E-state index in [0.717, 1.165) is 33.2 Å². The molecule has 2 aromatic heterocycles. The number of benzene rings is 1. The average Bonchev–Trinajstić information content (AvgIpc) is 2.74. The van der Waals surface area contributed by atoms with Gasteiger partial charge in [-0.05, 0) is 19.2 Å². The van der Waals surface area contributed by atoms with Gasteiger partial charge in [-0.2, -0.15) is 0 Å². The molecule has 0 spiro atoms. The molecule has 32 heavy (non-hydrogen) atoms. The number of carboxylic acids is 2. The molecule has 0 atom stereocenters. The number of hydrogen-bond acceptors (Lipinski definition) is 7. The van der Waals surface area contributed by atoms with Gasteiger partial charge in [-0.1, -0.05) is 24.3 Å². The van der Waals surface area contributed by atoms with Crippen LogP contribution in [-0.2, 0) is 22.7 Å². The van der Waals surface area contributed by atoms with Crippen LogP contribution in [-0.4, -0.2) is 93.1 Å². The zero-order valence-electron chi connectivity index (χ0n) is 18.1. The van der Waals surface area contributed by atoms with Crippen molar-refractivity contribution >= 4 is 33.7 Å². The molecule has 1 aromatic carbocycles. The van der Waals surface area contributed by atoms with Crippen LogP contribution in [0.25, 0.3) is 21.8 Å². The van der Waals surface area contributed by atoms with Crippen LogP contribution >= 0.6 is 0 Å². The molecule has 0 amide bonds. The summed E-state index contributed by atoms with van der Waals surface area (Å²) < 4.78 is 0. The Morgan fingerprint density at radius 2 is 1.22 bits per heavy atom. The number of hydrogen-bond donors (Lipinski definition) is 2. The van der Waals surface area contributed by atoms with Gasteiger partial charge < -0.3 is 10.2 Å². The Kier molecular flexibility index (Phi) is 6.59. The third-order valence-corrected chi connectivity index (χ3v) is 5.70. The van der Waals surface area contributed by atoms with Gasteiger partial charge in [0.2, 0.25) is 0 Å². The predicted octanol–water partition coefficient (Wildman–Crippen LogP) is 1.50. The van der Waals surface area contributed by atoms with Crippen LogP contribution in [0.1, 0.15) is 11.4 Å². The van der Waals surface area contributed by atoms with Crippen molar-refractivity contribution in [3.63, 3.8) is 0 Å². The molecular formula is C23H27N5O4. The van der Waals surface area contributed by atoms with Crippen molar-refractivity contribution in [3.05, 3.63) is 47.8 Å². The summed E-state index contributed by atoms with van der Waals surface area (Å²) in [5, 5.41) is 20.7. The zero-order chi connectivity index (χ0) is 22.7. The Hall–Kier alpha value is -3.14. The average molecular weight is 438 g/mol. The second-order valence-electron chi connectivity index (χ2n) is 8.33. The lowest BCUT2D eigenvalue weighted by molar-refractivity contribution is -0.140. The monoisotopic (exact) mass is 437 g/mol. The van der Waals surface area contributed by atoms with Crippen molar-refractivity contribution < 1.29 is 19.8 Å². The minimum Gasteiger partial charge on any atom is -0.480 e. The fraction of sp³-hybridized carbons (Fsp3) is 0.391. The molecule has 3 aromatic rings. The number of likely N-dealkylation sites (N-methyl/N-ethyl adjacent to an activating group) is 1. The number of fused-ring (bicyclic) bond motifs is 2. The van der Waals surface area contributed by atoms with Crippen LogP contribution in [0.3, 0.4) is 0 Å². The lowest BCUT2D eigenvalue weighted by atomic mass is 10.1. The molecule has 0 fully saturated rings. The number of carboxylic acid groups (broad SMARTS) is 2. The molecule has 0 saturated heterocycles. The first-order valence-corrected chi connectivity index (χ1v) is 10.6. The zero-order valence-corrected chi connectivity index (χ0v) is 18.1. The van der Waals surface area contributed by atoms with Crippen LogP contribution in [0.4, 0.5) is 0 Å². The van der Waals surface area contributed by atoms with Gasteiger partial charge in [-0.25, -0.2) is 9.97 Å². The lowest BCUT2D eigenvalue weighted by Gasteiger charge is -2.27. The molecule has 0 aliphatic carbocycles. The third-order valence-electron chi connectivity index (χ3n) is 5.70. The molecule has 1 aliphatic heterocycles. The number of aromatic nitrogens is 2. The fourth-order valence-corrected chi connectivity index (χ4v) is 4.07. The molecule has 0 unspecified atom stereocenters. The quantitative estimate of drug-likeness (QED) is 0.587. The molecule has 9 nitrogen and oxygen atoms in total. The third kappa shape index (κ3) is 5.37.